The summed E-state index contributed by atoms with van der Waals surface area (Å²) in [5.41, 5.74) is 0.384. The lowest BCUT2D eigenvalue weighted by molar-refractivity contribution is -0.116. The SMILES string of the molecule is CCn1cc(NC(=O)CCn2ccc(C(=O)O)n2)c(C(=O)NC)n1. The van der Waals surface area contributed by atoms with E-state index in [0.29, 0.717) is 12.2 Å². The summed E-state index contributed by atoms with van der Waals surface area (Å²) in [6.07, 6.45) is 3.14. The summed E-state index contributed by atoms with van der Waals surface area (Å²) in [5, 5.41) is 21.8. The molecule has 0 unspecified atom stereocenters. The van der Waals surface area contributed by atoms with E-state index in [4.69, 9.17) is 5.11 Å². The van der Waals surface area contributed by atoms with Gasteiger partial charge in [0.1, 0.15) is 0 Å². The van der Waals surface area contributed by atoms with Crippen LogP contribution in [0.3, 0.4) is 0 Å². The van der Waals surface area contributed by atoms with Crippen LogP contribution in [0.15, 0.2) is 18.5 Å². The molecular formula is C14H18N6O4. The van der Waals surface area contributed by atoms with Crippen molar-refractivity contribution in [1.29, 1.82) is 0 Å². The molecule has 0 aliphatic heterocycles. The zero-order chi connectivity index (χ0) is 17.7. The van der Waals surface area contributed by atoms with Crippen LogP contribution < -0.4 is 10.6 Å². The molecule has 10 nitrogen and oxygen atoms in total. The van der Waals surface area contributed by atoms with Gasteiger partial charge < -0.3 is 15.7 Å². The van der Waals surface area contributed by atoms with Crippen LogP contribution in [-0.2, 0) is 17.9 Å². The van der Waals surface area contributed by atoms with Crippen molar-refractivity contribution in [3.63, 3.8) is 0 Å². The van der Waals surface area contributed by atoms with Crippen molar-refractivity contribution in [2.75, 3.05) is 12.4 Å². The van der Waals surface area contributed by atoms with Gasteiger partial charge >= 0.3 is 5.97 Å². The molecule has 10 heteroatoms. The fraction of sp³-hybridized carbons (Fsp3) is 0.357. The predicted molar refractivity (Wildman–Crippen MR) is 83.7 cm³/mol. The van der Waals surface area contributed by atoms with Crippen LogP contribution in [0.2, 0.25) is 0 Å². The first kappa shape index (κ1) is 17.2. The summed E-state index contributed by atoms with van der Waals surface area (Å²) in [6.45, 7) is 2.64. The van der Waals surface area contributed by atoms with Crippen molar-refractivity contribution >= 4 is 23.5 Å². The maximum absolute atomic E-state index is 12.0. The van der Waals surface area contributed by atoms with Gasteiger partial charge in [0.05, 0.1) is 5.69 Å². The summed E-state index contributed by atoms with van der Waals surface area (Å²) in [5.74, 6) is -1.85. The Morgan fingerprint density at radius 1 is 1.25 bits per heavy atom. The van der Waals surface area contributed by atoms with E-state index in [2.05, 4.69) is 20.8 Å². The molecule has 2 rings (SSSR count). The molecule has 0 fully saturated rings. The summed E-state index contributed by atoms with van der Waals surface area (Å²) >= 11 is 0. The van der Waals surface area contributed by atoms with Crippen LogP contribution >= 0.6 is 0 Å². The van der Waals surface area contributed by atoms with E-state index in [9.17, 15) is 14.4 Å². The van der Waals surface area contributed by atoms with Crippen molar-refractivity contribution in [2.45, 2.75) is 26.4 Å². The van der Waals surface area contributed by atoms with Crippen molar-refractivity contribution in [3.8, 4) is 0 Å². The minimum absolute atomic E-state index is 0.0746. The van der Waals surface area contributed by atoms with E-state index in [0.717, 1.165) is 0 Å². The van der Waals surface area contributed by atoms with E-state index < -0.39 is 11.9 Å². The Balaban J connectivity index is 2.00. The van der Waals surface area contributed by atoms with Gasteiger partial charge in [-0.15, -0.1) is 0 Å². The molecule has 0 spiro atoms. The van der Waals surface area contributed by atoms with Crippen LogP contribution in [-0.4, -0.2) is 49.5 Å². The second-order valence-corrected chi connectivity index (χ2v) is 4.89. The highest BCUT2D eigenvalue weighted by Crippen LogP contribution is 2.14. The number of anilines is 1. The molecule has 0 bridgehead atoms. The Labute approximate surface area is 137 Å². The average Bonchev–Trinajstić information content (AvgIpc) is 3.19. The largest absolute Gasteiger partial charge is 0.476 e. The van der Waals surface area contributed by atoms with Gasteiger partial charge in [-0.05, 0) is 13.0 Å². The lowest BCUT2D eigenvalue weighted by Gasteiger charge is -2.05. The van der Waals surface area contributed by atoms with E-state index >= 15 is 0 Å². The topological polar surface area (TPSA) is 131 Å². The normalized spacial score (nSPS) is 10.4. The highest BCUT2D eigenvalue weighted by Gasteiger charge is 2.17. The van der Waals surface area contributed by atoms with Crippen LogP contribution in [0.1, 0.15) is 34.3 Å². The fourth-order valence-electron chi connectivity index (χ4n) is 1.99. The monoisotopic (exact) mass is 334 g/mol. The number of carbonyl (C=O) groups excluding carboxylic acids is 2. The first-order valence-corrected chi connectivity index (χ1v) is 7.30. The van der Waals surface area contributed by atoms with E-state index in [-0.39, 0.29) is 30.3 Å². The van der Waals surface area contributed by atoms with Gasteiger partial charge in [0, 0.05) is 39.0 Å². The quantitative estimate of drug-likeness (QED) is 0.662. The Morgan fingerprint density at radius 2 is 2.00 bits per heavy atom. The van der Waals surface area contributed by atoms with Gasteiger partial charge in [0.15, 0.2) is 11.4 Å². The Bertz CT molecular complexity index is 763. The molecule has 2 aromatic heterocycles. The van der Waals surface area contributed by atoms with Crippen LogP contribution in [0.5, 0.6) is 0 Å². The molecule has 2 amide bonds. The summed E-state index contributed by atoms with van der Waals surface area (Å²) < 4.78 is 2.92. The number of carboxylic acid groups (broad SMARTS) is 1. The van der Waals surface area contributed by atoms with Crippen molar-refractivity contribution in [3.05, 3.63) is 29.8 Å². The molecule has 0 aliphatic rings. The number of carboxylic acids is 1. The molecule has 3 N–H and O–H groups in total. The first-order valence-electron chi connectivity index (χ1n) is 7.30. The van der Waals surface area contributed by atoms with Gasteiger partial charge in [0.25, 0.3) is 5.91 Å². The zero-order valence-corrected chi connectivity index (χ0v) is 13.3. The lowest BCUT2D eigenvalue weighted by Crippen LogP contribution is -2.22. The van der Waals surface area contributed by atoms with E-state index in [1.807, 2.05) is 6.92 Å². The van der Waals surface area contributed by atoms with Crippen molar-refractivity contribution < 1.29 is 19.5 Å². The molecular weight excluding hydrogens is 316 g/mol. The Morgan fingerprint density at radius 3 is 2.58 bits per heavy atom. The number of aryl methyl sites for hydroxylation is 2. The molecule has 0 aliphatic carbocycles. The number of aromatic nitrogens is 4. The molecule has 0 radical (unpaired) electrons. The minimum Gasteiger partial charge on any atom is -0.476 e. The maximum atomic E-state index is 12.0. The smallest absolute Gasteiger partial charge is 0.356 e. The Kier molecular flexibility index (Phi) is 5.30. The van der Waals surface area contributed by atoms with Gasteiger partial charge in [-0.25, -0.2) is 4.79 Å². The highest BCUT2D eigenvalue weighted by molar-refractivity contribution is 6.02. The summed E-state index contributed by atoms with van der Waals surface area (Å²) in [4.78, 5) is 34.6. The van der Waals surface area contributed by atoms with E-state index in [1.165, 1.54) is 24.0 Å². The molecule has 0 saturated heterocycles. The van der Waals surface area contributed by atoms with Crippen molar-refractivity contribution in [1.82, 2.24) is 24.9 Å². The van der Waals surface area contributed by atoms with Crippen LogP contribution in [0, 0.1) is 0 Å². The number of rotatable bonds is 7. The highest BCUT2D eigenvalue weighted by atomic mass is 16.4. The third-order valence-corrected chi connectivity index (χ3v) is 3.23. The first-order chi connectivity index (χ1) is 11.4. The van der Waals surface area contributed by atoms with Gasteiger partial charge in [-0.1, -0.05) is 0 Å². The second-order valence-electron chi connectivity index (χ2n) is 4.89. The molecule has 2 heterocycles. The van der Waals surface area contributed by atoms with Gasteiger partial charge in [-0.2, -0.15) is 10.2 Å². The average molecular weight is 334 g/mol. The number of amides is 2. The standard InChI is InChI=1S/C14H18N6O4/c1-3-19-8-10(12(18-19)13(22)15-2)16-11(21)5-7-20-6-4-9(17-20)14(23)24/h4,6,8H,3,5,7H2,1-2H3,(H,15,22)(H,16,21)(H,23,24). The Hall–Kier alpha value is -3.17. The van der Waals surface area contributed by atoms with Gasteiger partial charge in [-0.3, -0.25) is 19.0 Å². The van der Waals surface area contributed by atoms with Crippen LogP contribution in [0.4, 0.5) is 5.69 Å². The fourth-order valence-corrected chi connectivity index (χ4v) is 1.99. The third kappa shape index (κ3) is 3.97. The van der Waals surface area contributed by atoms with E-state index in [1.54, 1.807) is 10.9 Å². The molecule has 0 aromatic carbocycles. The number of aromatic carboxylic acids is 1. The maximum Gasteiger partial charge on any atom is 0.356 e. The number of hydrogen-bond donors (Lipinski definition) is 3. The third-order valence-electron chi connectivity index (χ3n) is 3.23. The molecule has 128 valence electrons. The molecule has 24 heavy (non-hydrogen) atoms. The molecule has 0 atom stereocenters. The van der Waals surface area contributed by atoms with Crippen LogP contribution in [0.25, 0.3) is 0 Å². The summed E-state index contributed by atoms with van der Waals surface area (Å²) in [6, 6.07) is 1.36. The molecule has 2 aromatic rings. The predicted octanol–water partition coefficient (Wildman–Crippen LogP) is 0.186. The zero-order valence-electron chi connectivity index (χ0n) is 13.3. The van der Waals surface area contributed by atoms with Crippen molar-refractivity contribution in [2.24, 2.45) is 0 Å². The number of nitrogens with one attached hydrogen (secondary N) is 2. The number of carbonyl (C=O) groups is 3. The minimum atomic E-state index is -1.12. The summed E-state index contributed by atoms with van der Waals surface area (Å²) in [7, 11) is 1.48. The molecule has 0 saturated carbocycles. The lowest BCUT2D eigenvalue weighted by atomic mass is 10.3. The number of hydrogen-bond acceptors (Lipinski definition) is 5. The number of nitrogens with zero attached hydrogens (tertiary/aromatic N) is 4. The second kappa shape index (κ2) is 7.40. The van der Waals surface area contributed by atoms with Gasteiger partial charge in [0.2, 0.25) is 5.91 Å².